The molecule has 2 unspecified atom stereocenters. The lowest BCUT2D eigenvalue weighted by Crippen LogP contribution is -2.63. The zero-order valence-electron chi connectivity index (χ0n) is 10.0. The Kier molecular flexibility index (Phi) is 1.10. The molecule has 17 heavy (non-hydrogen) atoms. The number of ether oxygens (including phenoxy) is 2. The van der Waals surface area contributed by atoms with E-state index in [1.807, 2.05) is 0 Å². The van der Waals surface area contributed by atoms with Crippen molar-refractivity contribution in [1.29, 1.82) is 0 Å². The Morgan fingerprint density at radius 3 is 2.35 bits per heavy atom. The van der Waals surface area contributed by atoms with Crippen LogP contribution in [0, 0.1) is 47.3 Å². The Labute approximate surface area is 100 Å². The molecule has 1 saturated heterocycles. The number of rotatable bonds is 0. The van der Waals surface area contributed by atoms with E-state index in [1.54, 1.807) is 0 Å². The molecule has 3 heteroatoms. The van der Waals surface area contributed by atoms with Gasteiger partial charge in [0.2, 0.25) is 0 Å². The molecule has 9 atom stereocenters. The standard InChI is InChI=1S/C14H18O3/c1-13(15)9-5-4-6-8-7(5)11(13)12(8)14(10(6)9)16-2-3-17-14/h5-12,15H,2-4H2,1H3/t5-,6?,7-,8?,9+,10-,11-,12+,13-/m0/s1. The van der Waals surface area contributed by atoms with Gasteiger partial charge in [0.05, 0.1) is 18.8 Å². The first-order chi connectivity index (χ1) is 8.18. The predicted octanol–water partition coefficient (Wildman–Crippen LogP) is 0.868. The third-order valence-electron chi connectivity index (χ3n) is 7.52. The summed E-state index contributed by atoms with van der Waals surface area (Å²) in [5, 5.41) is 10.9. The van der Waals surface area contributed by atoms with Crippen LogP contribution in [-0.4, -0.2) is 29.7 Å². The second kappa shape index (κ2) is 2.10. The minimum Gasteiger partial charge on any atom is -0.390 e. The minimum atomic E-state index is -0.424. The van der Waals surface area contributed by atoms with Gasteiger partial charge in [0.25, 0.3) is 0 Å². The lowest BCUT2D eigenvalue weighted by atomic mass is 9.54. The Morgan fingerprint density at radius 2 is 1.59 bits per heavy atom. The van der Waals surface area contributed by atoms with E-state index in [0.717, 1.165) is 36.9 Å². The second-order valence-corrected chi connectivity index (χ2v) is 7.47. The summed E-state index contributed by atoms with van der Waals surface area (Å²) in [5.74, 6) is 4.96. The van der Waals surface area contributed by atoms with Gasteiger partial charge in [0, 0.05) is 11.8 Å². The van der Waals surface area contributed by atoms with Crippen molar-refractivity contribution < 1.29 is 14.6 Å². The van der Waals surface area contributed by atoms with Gasteiger partial charge in [-0.05, 0) is 48.9 Å². The Bertz CT molecular complexity index is 439. The van der Waals surface area contributed by atoms with Crippen LogP contribution in [0.25, 0.3) is 0 Å². The van der Waals surface area contributed by atoms with Gasteiger partial charge in [-0.25, -0.2) is 0 Å². The van der Waals surface area contributed by atoms with Crippen molar-refractivity contribution in [1.82, 2.24) is 0 Å². The first-order valence-corrected chi connectivity index (χ1v) is 7.18. The fraction of sp³-hybridized carbons (Fsp3) is 1.00. The van der Waals surface area contributed by atoms with Crippen molar-refractivity contribution in [3.05, 3.63) is 0 Å². The van der Waals surface area contributed by atoms with E-state index in [1.165, 1.54) is 6.42 Å². The summed E-state index contributed by atoms with van der Waals surface area (Å²) in [6, 6.07) is 0. The van der Waals surface area contributed by atoms with Crippen LogP contribution in [0.3, 0.4) is 0 Å². The summed E-state index contributed by atoms with van der Waals surface area (Å²) in [6.07, 6.45) is 1.35. The Hall–Kier alpha value is -0.120. The Balaban J connectivity index is 1.64. The highest BCUT2D eigenvalue weighted by Gasteiger charge is 2.91. The molecule has 6 aliphatic rings. The fourth-order valence-electron chi connectivity index (χ4n) is 7.74. The fourth-order valence-corrected chi connectivity index (χ4v) is 7.74. The van der Waals surface area contributed by atoms with Gasteiger partial charge in [-0.3, -0.25) is 0 Å². The monoisotopic (exact) mass is 234 g/mol. The average molecular weight is 234 g/mol. The summed E-state index contributed by atoms with van der Waals surface area (Å²) in [7, 11) is 0. The van der Waals surface area contributed by atoms with Gasteiger partial charge in [-0.15, -0.1) is 0 Å². The van der Waals surface area contributed by atoms with Crippen molar-refractivity contribution in [2.24, 2.45) is 47.3 Å². The zero-order chi connectivity index (χ0) is 11.2. The zero-order valence-corrected chi connectivity index (χ0v) is 10.0. The van der Waals surface area contributed by atoms with E-state index < -0.39 is 5.60 Å². The van der Waals surface area contributed by atoms with Crippen LogP contribution in [0.2, 0.25) is 0 Å². The molecule has 1 heterocycles. The Morgan fingerprint density at radius 1 is 0.941 bits per heavy atom. The maximum atomic E-state index is 10.9. The van der Waals surface area contributed by atoms with Crippen LogP contribution in [0.4, 0.5) is 0 Å². The molecule has 0 aromatic carbocycles. The first-order valence-electron chi connectivity index (χ1n) is 7.18. The summed E-state index contributed by atoms with van der Waals surface area (Å²) >= 11 is 0. The van der Waals surface area contributed by atoms with Crippen molar-refractivity contribution >= 4 is 0 Å². The molecular weight excluding hydrogens is 216 g/mol. The van der Waals surface area contributed by atoms with E-state index in [9.17, 15) is 5.11 Å². The van der Waals surface area contributed by atoms with Gasteiger partial charge >= 0.3 is 0 Å². The van der Waals surface area contributed by atoms with E-state index in [2.05, 4.69) is 6.92 Å². The molecule has 5 saturated carbocycles. The molecule has 3 nitrogen and oxygen atoms in total. The number of hydrogen-bond acceptors (Lipinski definition) is 3. The molecule has 5 aliphatic carbocycles. The molecule has 0 amide bonds. The molecule has 6 rings (SSSR count). The maximum Gasteiger partial charge on any atom is 0.175 e. The highest BCUT2D eigenvalue weighted by Crippen LogP contribution is 2.88. The third-order valence-corrected chi connectivity index (χ3v) is 7.52. The molecule has 0 aromatic heterocycles. The van der Waals surface area contributed by atoms with Gasteiger partial charge in [0.1, 0.15) is 0 Å². The van der Waals surface area contributed by atoms with Gasteiger partial charge in [-0.1, -0.05) is 0 Å². The first kappa shape index (κ1) is 8.89. The van der Waals surface area contributed by atoms with E-state index >= 15 is 0 Å². The van der Waals surface area contributed by atoms with Crippen LogP contribution >= 0.6 is 0 Å². The topological polar surface area (TPSA) is 38.7 Å². The summed E-state index contributed by atoms with van der Waals surface area (Å²) in [6.45, 7) is 3.63. The lowest BCUT2D eigenvalue weighted by molar-refractivity contribution is -0.295. The van der Waals surface area contributed by atoms with E-state index in [4.69, 9.17) is 9.47 Å². The number of fused-ring (bicyclic) bond motifs is 4. The highest BCUT2D eigenvalue weighted by atomic mass is 16.7. The molecule has 1 N–H and O–H groups in total. The SMILES string of the molecule is C[C@]1(O)[C@@H]2[C@H]3CC4C5[C@H]3[C@H]1[C@@H]5C1(OCCO1)[C@@H]42. The van der Waals surface area contributed by atoms with Crippen LogP contribution in [0.5, 0.6) is 0 Å². The van der Waals surface area contributed by atoms with E-state index in [-0.39, 0.29) is 5.79 Å². The van der Waals surface area contributed by atoms with Crippen molar-refractivity contribution in [3.63, 3.8) is 0 Å². The van der Waals surface area contributed by atoms with Crippen molar-refractivity contribution in [2.75, 3.05) is 13.2 Å². The average Bonchev–Trinajstić information content (AvgIpc) is 2.86. The lowest BCUT2D eigenvalue weighted by Gasteiger charge is -2.56. The molecule has 1 aliphatic heterocycles. The van der Waals surface area contributed by atoms with Gasteiger partial charge in [-0.2, -0.15) is 0 Å². The van der Waals surface area contributed by atoms with Gasteiger partial charge in [0.15, 0.2) is 5.79 Å². The van der Waals surface area contributed by atoms with E-state index in [0.29, 0.717) is 23.7 Å². The van der Waals surface area contributed by atoms with Crippen LogP contribution in [0.15, 0.2) is 0 Å². The summed E-state index contributed by atoms with van der Waals surface area (Å²) < 4.78 is 12.2. The molecule has 2 bridgehead atoms. The molecule has 92 valence electrons. The highest BCUT2D eigenvalue weighted by molar-refractivity contribution is 5.36. The van der Waals surface area contributed by atoms with Crippen LogP contribution in [-0.2, 0) is 9.47 Å². The summed E-state index contributed by atoms with van der Waals surface area (Å²) in [5.41, 5.74) is -0.424. The molecular formula is C14H18O3. The summed E-state index contributed by atoms with van der Waals surface area (Å²) in [4.78, 5) is 0. The minimum absolute atomic E-state index is 0.255. The predicted molar refractivity (Wildman–Crippen MR) is 57.8 cm³/mol. The van der Waals surface area contributed by atoms with Crippen molar-refractivity contribution in [2.45, 2.75) is 24.7 Å². The molecule has 6 fully saturated rings. The number of hydrogen-bond donors (Lipinski definition) is 1. The quantitative estimate of drug-likeness (QED) is 0.676. The normalized spacial score (nSPS) is 75.2. The molecule has 0 radical (unpaired) electrons. The molecule has 1 spiro atoms. The third kappa shape index (κ3) is 0.576. The van der Waals surface area contributed by atoms with Crippen molar-refractivity contribution in [3.8, 4) is 0 Å². The van der Waals surface area contributed by atoms with Crippen LogP contribution < -0.4 is 0 Å². The number of aliphatic hydroxyl groups is 1. The molecule has 0 aromatic rings. The van der Waals surface area contributed by atoms with Gasteiger partial charge < -0.3 is 14.6 Å². The smallest absolute Gasteiger partial charge is 0.175 e. The maximum absolute atomic E-state index is 10.9. The second-order valence-electron chi connectivity index (χ2n) is 7.47. The largest absolute Gasteiger partial charge is 0.390 e. The van der Waals surface area contributed by atoms with Crippen LogP contribution in [0.1, 0.15) is 13.3 Å².